The van der Waals surface area contributed by atoms with Crippen LogP contribution >= 0.6 is 0 Å². The summed E-state index contributed by atoms with van der Waals surface area (Å²) in [5.74, 6) is 0. The van der Waals surface area contributed by atoms with Crippen LogP contribution < -0.4 is 0 Å². The fraction of sp³-hybridized carbons (Fsp3) is 0. The molecule has 0 unspecified atom stereocenters. The van der Waals surface area contributed by atoms with Gasteiger partial charge in [0.05, 0.1) is 23.3 Å². The second kappa shape index (κ2) is 5.48. The summed E-state index contributed by atoms with van der Waals surface area (Å²) in [6.45, 7) is 0. The van der Waals surface area contributed by atoms with E-state index in [1.807, 2.05) is 42.5 Å². The van der Waals surface area contributed by atoms with Gasteiger partial charge in [-0.2, -0.15) is 10.5 Å². The minimum absolute atomic E-state index is 0.589. The Balaban J connectivity index is 2.43. The van der Waals surface area contributed by atoms with Gasteiger partial charge in [0.25, 0.3) is 0 Å². The predicted molar refractivity (Wildman–Crippen MR) is 71.1 cm³/mol. The van der Waals surface area contributed by atoms with Gasteiger partial charge in [-0.25, -0.2) is 0 Å². The van der Waals surface area contributed by atoms with E-state index in [0.29, 0.717) is 11.1 Å². The van der Waals surface area contributed by atoms with Crippen LogP contribution in [0.25, 0.3) is 11.6 Å². The van der Waals surface area contributed by atoms with Crippen LogP contribution in [0.4, 0.5) is 0 Å². The first-order valence-electron chi connectivity index (χ1n) is 5.51. The van der Waals surface area contributed by atoms with Crippen molar-refractivity contribution in [2.45, 2.75) is 0 Å². The van der Waals surface area contributed by atoms with E-state index in [4.69, 9.17) is 5.26 Å². The van der Waals surface area contributed by atoms with E-state index in [0.717, 1.165) is 11.1 Å². The zero-order chi connectivity index (χ0) is 12.8. The molecule has 0 radical (unpaired) electrons. The van der Waals surface area contributed by atoms with Crippen LogP contribution in [0, 0.1) is 22.7 Å². The van der Waals surface area contributed by atoms with E-state index >= 15 is 0 Å². The van der Waals surface area contributed by atoms with E-state index in [2.05, 4.69) is 12.1 Å². The minimum Gasteiger partial charge on any atom is -0.192 e. The molecular formula is C16H10N2. The lowest BCUT2D eigenvalue weighted by molar-refractivity contribution is 1.48. The van der Waals surface area contributed by atoms with Gasteiger partial charge in [0, 0.05) is 0 Å². The molecule has 0 aromatic heterocycles. The lowest BCUT2D eigenvalue weighted by atomic mass is 10.0. The fourth-order valence-electron chi connectivity index (χ4n) is 1.66. The molecule has 2 rings (SSSR count). The van der Waals surface area contributed by atoms with Crippen LogP contribution in [0.2, 0.25) is 0 Å². The molecule has 84 valence electrons. The molecule has 0 aliphatic rings. The lowest BCUT2D eigenvalue weighted by Crippen LogP contribution is -1.82. The van der Waals surface area contributed by atoms with Crippen molar-refractivity contribution in [1.82, 2.24) is 0 Å². The molecule has 0 aliphatic heterocycles. The molecule has 0 atom stereocenters. The van der Waals surface area contributed by atoms with Crippen molar-refractivity contribution in [1.29, 1.82) is 10.5 Å². The molecule has 2 aromatic rings. The molecule has 0 fully saturated rings. The van der Waals surface area contributed by atoms with Gasteiger partial charge in [-0.3, -0.25) is 0 Å². The van der Waals surface area contributed by atoms with Crippen molar-refractivity contribution in [2.75, 3.05) is 0 Å². The zero-order valence-electron chi connectivity index (χ0n) is 9.67. The minimum atomic E-state index is 0.589. The van der Waals surface area contributed by atoms with Gasteiger partial charge >= 0.3 is 0 Å². The SMILES string of the molecule is N#CC(=Cc1cccc(C#N)c1)c1ccccc1. The Kier molecular flexibility index (Phi) is 3.54. The molecule has 0 saturated heterocycles. The summed E-state index contributed by atoms with van der Waals surface area (Å²) in [5, 5.41) is 18.0. The summed E-state index contributed by atoms with van der Waals surface area (Å²) < 4.78 is 0. The quantitative estimate of drug-likeness (QED) is 0.584. The Labute approximate surface area is 106 Å². The van der Waals surface area contributed by atoms with Crippen LogP contribution in [0.3, 0.4) is 0 Å². The summed E-state index contributed by atoms with van der Waals surface area (Å²) in [6, 6.07) is 20.9. The molecule has 0 amide bonds. The topological polar surface area (TPSA) is 47.6 Å². The highest BCUT2D eigenvalue weighted by molar-refractivity contribution is 5.89. The second-order valence-electron chi connectivity index (χ2n) is 3.77. The molecule has 18 heavy (non-hydrogen) atoms. The van der Waals surface area contributed by atoms with Gasteiger partial charge in [-0.1, -0.05) is 42.5 Å². The van der Waals surface area contributed by atoms with Crippen LogP contribution in [0.1, 0.15) is 16.7 Å². The molecule has 0 saturated carbocycles. The van der Waals surface area contributed by atoms with Crippen molar-refractivity contribution in [3.8, 4) is 12.1 Å². The number of benzene rings is 2. The fourth-order valence-corrected chi connectivity index (χ4v) is 1.66. The van der Waals surface area contributed by atoms with E-state index in [9.17, 15) is 5.26 Å². The number of hydrogen-bond donors (Lipinski definition) is 0. The lowest BCUT2D eigenvalue weighted by Gasteiger charge is -1.99. The van der Waals surface area contributed by atoms with Crippen molar-refractivity contribution in [3.05, 3.63) is 71.3 Å². The Bertz CT molecular complexity index is 655. The number of hydrogen-bond acceptors (Lipinski definition) is 2. The molecule has 0 heterocycles. The molecular weight excluding hydrogens is 220 g/mol. The molecule has 0 N–H and O–H groups in total. The first-order valence-corrected chi connectivity index (χ1v) is 5.51. The van der Waals surface area contributed by atoms with Crippen LogP contribution in [-0.4, -0.2) is 0 Å². The molecule has 0 aliphatic carbocycles. The largest absolute Gasteiger partial charge is 0.192 e. The highest BCUT2D eigenvalue weighted by Gasteiger charge is 2.00. The average molecular weight is 230 g/mol. The van der Waals surface area contributed by atoms with Crippen molar-refractivity contribution >= 4 is 11.6 Å². The summed E-state index contributed by atoms with van der Waals surface area (Å²) in [4.78, 5) is 0. The van der Waals surface area contributed by atoms with Crippen LogP contribution in [-0.2, 0) is 0 Å². The third kappa shape index (κ3) is 2.64. The number of allylic oxidation sites excluding steroid dienone is 1. The van der Waals surface area contributed by atoms with Crippen LogP contribution in [0.15, 0.2) is 54.6 Å². The molecule has 2 aromatic carbocycles. The van der Waals surface area contributed by atoms with Crippen molar-refractivity contribution < 1.29 is 0 Å². The molecule has 2 heteroatoms. The van der Waals surface area contributed by atoms with Crippen molar-refractivity contribution in [2.24, 2.45) is 0 Å². The number of rotatable bonds is 2. The summed E-state index contributed by atoms with van der Waals surface area (Å²) >= 11 is 0. The zero-order valence-corrected chi connectivity index (χ0v) is 9.67. The van der Waals surface area contributed by atoms with E-state index in [-0.39, 0.29) is 0 Å². The normalized spacial score (nSPS) is 10.4. The third-order valence-corrected chi connectivity index (χ3v) is 2.53. The van der Waals surface area contributed by atoms with Crippen molar-refractivity contribution in [3.63, 3.8) is 0 Å². The Hall–Kier alpha value is -2.84. The first-order chi connectivity index (χ1) is 8.83. The third-order valence-electron chi connectivity index (χ3n) is 2.53. The first kappa shape index (κ1) is 11.6. The van der Waals surface area contributed by atoms with Gasteiger partial charge in [-0.05, 0) is 29.3 Å². The maximum atomic E-state index is 9.18. The van der Waals surface area contributed by atoms with Crippen LogP contribution in [0.5, 0.6) is 0 Å². The average Bonchev–Trinajstić information content (AvgIpc) is 2.46. The standard InChI is InChI=1S/C16H10N2/c17-11-14-6-4-5-13(9-14)10-16(12-18)15-7-2-1-3-8-15/h1-10H. The highest BCUT2D eigenvalue weighted by atomic mass is 14.2. The van der Waals surface area contributed by atoms with E-state index in [1.165, 1.54) is 0 Å². The number of nitrogens with zero attached hydrogens (tertiary/aromatic N) is 2. The molecule has 0 bridgehead atoms. The second-order valence-corrected chi connectivity index (χ2v) is 3.77. The molecule has 2 nitrogen and oxygen atoms in total. The summed E-state index contributed by atoms with van der Waals surface area (Å²) in [5.41, 5.74) is 2.91. The van der Waals surface area contributed by atoms with Gasteiger partial charge < -0.3 is 0 Å². The molecule has 0 spiro atoms. The van der Waals surface area contributed by atoms with Gasteiger partial charge in [0.15, 0.2) is 0 Å². The Morgan fingerprint density at radius 2 is 1.72 bits per heavy atom. The highest BCUT2D eigenvalue weighted by Crippen LogP contribution is 2.17. The van der Waals surface area contributed by atoms with Gasteiger partial charge in [-0.15, -0.1) is 0 Å². The van der Waals surface area contributed by atoms with E-state index in [1.54, 1.807) is 18.2 Å². The smallest absolute Gasteiger partial charge is 0.0998 e. The summed E-state index contributed by atoms with van der Waals surface area (Å²) in [7, 11) is 0. The predicted octanol–water partition coefficient (Wildman–Crippen LogP) is 3.62. The monoisotopic (exact) mass is 230 g/mol. The maximum absolute atomic E-state index is 9.18. The summed E-state index contributed by atoms with van der Waals surface area (Å²) in [6.07, 6.45) is 1.79. The van der Waals surface area contributed by atoms with Gasteiger partial charge in [0.1, 0.15) is 0 Å². The van der Waals surface area contributed by atoms with E-state index < -0.39 is 0 Å². The Morgan fingerprint density at radius 1 is 0.944 bits per heavy atom. The maximum Gasteiger partial charge on any atom is 0.0998 e. The van der Waals surface area contributed by atoms with Gasteiger partial charge in [0.2, 0.25) is 0 Å². The Morgan fingerprint density at radius 3 is 2.39 bits per heavy atom. The number of nitriles is 2.